The first-order valence-corrected chi connectivity index (χ1v) is 5.33. The van der Waals surface area contributed by atoms with Crippen molar-refractivity contribution in [2.24, 2.45) is 0 Å². The molecule has 0 bridgehead atoms. The Morgan fingerprint density at radius 1 is 0.875 bits per heavy atom. The van der Waals surface area contributed by atoms with Crippen molar-refractivity contribution in [3.63, 3.8) is 0 Å². The van der Waals surface area contributed by atoms with E-state index in [-0.39, 0.29) is 0 Å². The van der Waals surface area contributed by atoms with Crippen LogP contribution in [0.4, 0.5) is 0 Å². The second-order valence-electron chi connectivity index (χ2n) is 3.93. The number of hydrogen-bond donors (Lipinski definition) is 0. The zero-order chi connectivity index (χ0) is 11.5. The normalized spacial score (nSPS) is 10.2. The maximum atomic E-state index is 5.91. The van der Waals surface area contributed by atoms with Crippen LogP contribution in [0.5, 0.6) is 11.5 Å². The van der Waals surface area contributed by atoms with Crippen molar-refractivity contribution in [1.82, 2.24) is 0 Å². The topological polar surface area (TPSA) is 9.23 Å². The van der Waals surface area contributed by atoms with Crippen LogP contribution in [0.3, 0.4) is 0 Å². The number of ether oxygens (including phenoxy) is 1. The molecule has 0 spiro atoms. The maximum Gasteiger partial charge on any atom is 0.133 e. The maximum absolute atomic E-state index is 5.91. The molecule has 1 radical (unpaired) electrons. The molecular weight excluding hydrogens is 196 g/mol. The Hall–Kier alpha value is -1.76. The Kier molecular flexibility index (Phi) is 2.95. The largest absolute Gasteiger partial charge is 0.457 e. The Bertz CT molecular complexity index is 480. The Balaban J connectivity index is 2.38. The third-order valence-electron chi connectivity index (χ3n) is 2.59. The third-order valence-corrected chi connectivity index (χ3v) is 2.59. The molecule has 81 valence electrons. The molecule has 0 fully saturated rings. The highest BCUT2D eigenvalue weighted by molar-refractivity contribution is 5.45. The summed E-state index contributed by atoms with van der Waals surface area (Å²) in [5, 5.41) is 0. The second kappa shape index (κ2) is 4.40. The molecule has 0 aliphatic rings. The fourth-order valence-corrected chi connectivity index (χ4v) is 1.67. The zero-order valence-corrected chi connectivity index (χ0v) is 9.66. The summed E-state index contributed by atoms with van der Waals surface area (Å²) in [6.07, 6.45) is 0. The van der Waals surface area contributed by atoms with E-state index < -0.39 is 0 Å². The number of aryl methyl sites for hydroxylation is 2. The molecule has 1 heteroatoms. The molecule has 2 aromatic carbocycles. The summed E-state index contributed by atoms with van der Waals surface area (Å²) < 4.78 is 5.91. The minimum absolute atomic E-state index is 0.819. The van der Waals surface area contributed by atoms with Gasteiger partial charge in [-0.25, -0.2) is 0 Å². The molecule has 2 aromatic rings. The molecule has 0 unspecified atom stereocenters. The van der Waals surface area contributed by atoms with Gasteiger partial charge in [-0.1, -0.05) is 36.4 Å². The summed E-state index contributed by atoms with van der Waals surface area (Å²) in [6.45, 7) is 8.05. The highest BCUT2D eigenvalue weighted by Gasteiger charge is 2.05. The van der Waals surface area contributed by atoms with Gasteiger partial charge in [0.25, 0.3) is 0 Å². The number of benzene rings is 2. The monoisotopic (exact) mass is 211 g/mol. The lowest BCUT2D eigenvalue weighted by Crippen LogP contribution is -1.92. The average Bonchev–Trinajstić information content (AvgIpc) is 2.26. The first-order chi connectivity index (χ1) is 7.68. The zero-order valence-electron chi connectivity index (χ0n) is 9.66. The molecule has 0 saturated heterocycles. The van der Waals surface area contributed by atoms with Gasteiger partial charge in [-0.15, -0.1) is 0 Å². The second-order valence-corrected chi connectivity index (χ2v) is 3.93. The Labute approximate surface area is 96.7 Å². The molecular formula is C15H15O. The molecule has 0 saturated carbocycles. The SMILES string of the molecule is [CH2]c1ccccc1Oc1c(C)cccc1C. The van der Waals surface area contributed by atoms with Gasteiger partial charge in [0.2, 0.25) is 0 Å². The van der Waals surface area contributed by atoms with E-state index in [2.05, 4.69) is 6.92 Å². The van der Waals surface area contributed by atoms with Crippen LogP contribution in [-0.2, 0) is 0 Å². The molecule has 1 nitrogen and oxygen atoms in total. The average molecular weight is 211 g/mol. The van der Waals surface area contributed by atoms with Crippen molar-refractivity contribution in [3.05, 3.63) is 66.1 Å². The van der Waals surface area contributed by atoms with E-state index in [4.69, 9.17) is 4.74 Å². The summed E-state index contributed by atoms with van der Waals surface area (Å²) in [7, 11) is 0. The Morgan fingerprint density at radius 2 is 1.50 bits per heavy atom. The number of rotatable bonds is 2. The van der Waals surface area contributed by atoms with Crippen LogP contribution >= 0.6 is 0 Å². The van der Waals surface area contributed by atoms with E-state index in [1.54, 1.807) is 0 Å². The van der Waals surface area contributed by atoms with Gasteiger partial charge >= 0.3 is 0 Å². The predicted molar refractivity (Wildman–Crippen MR) is 66.9 cm³/mol. The lowest BCUT2D eigenvalue weighted by Gasteiger charge is -2.12. The van der Waals surface area contributed by atoms with Crippen molar-refractivity contribution < 1.29 is 4.74 Å². The number of para-hydroxylation sites is 2. The Morgan fingerprint density at radius 3 is 2.12 bits per heavy atom. The lowest BCUT2D eigenvalue weighted by atomic mass is 10.1. The molecule has 16 heavy (non-hydrogen) atoms. The first-order valence-electron chi connectivity index (χ1n) is 5.33. The van der Waals surface area contributed by atoms with Gasteiger partial charge in [0.15, 0.2) is 0 Å². The van der Waals surface area contributed by atoms with Gasteiger partial charge in [-0.3, -0.25) is 0 Å². The van der Waals surface area contributed by atoms with E-state index in [1.165, 1.54) is 0 Å². The van der Waals surface area contributed by atoms with Gasteiger partial charge in [-0.05, 0) is 43.5 Å². The highest BCUT2D eigenvalue weighted by atomic mass is 16.5. The molecule has 0 heterocycles. The van der Waals surface area contributed by atoms with Crippen molar-refractivity contribution in [1.29, 1.82) is 0 Å². The van der Waals surface area contributed by atoms with E-state index in [1.807, 2.05) is 56.3 Å². The summed E-state index contributed by atoms with van der Waals surface area (Å²) in [6, 6.07) is 13.9. The molecule has 0 aliphatic heterocycles. The minimum Gasteiger partial charge on any atom is -0.457 e. The van der Waals surface area contributed by atoms with Gasteiger partial charge in [0, 0.05) is 0 Å². The molecule has 0 aromatic heterocycles. The standard InChI is InChI=1S/C15H15O/c1-11-7-4-5-10-14(11)16-15-12(2)8-6-9-13(15)3/h4-10H,1H2,2-3H3. The van der Waals surface area contributed by atoms with Crippen molar-refractivity contribution in [2.45, 2.75) is 13.8 Å². The van der Waals surface area contributed by atoms with Gasteiger partial charge in [0.05, 0.1) is 0 Å². The van der Waals surface area contributed by atoms with Crippen LogP contribution in [0.15, 0.2) is 42.5 Å². The predicted octanol–water partition coefficient (Wildman–Crippen LogP) is 4.28. The molecule has 0 atom stereocenters. The van der Waals surface area contributed by atoms with Crippen LogP contribution < -0.4 is 4.74 Å². The van der Waals surface area contributed by atoms with Gasteiger partial charge < -0.3 is 4.74 Å². The fourth-order valence-electron chi connectivity index (χ4n) is 1.67. The smallest absolute Gasteiger partial charge is 0.133 e. The summed E-state index contributed by atoms with van der Waals surface area (Å²) in [4.78, 5) is 0. The molecule has 0 amide bonds. The molecule has 0 aliphatic carbocycles. The summed E-state index contributed by atoms with van der Waals surface area (Å²) in [5.41, 5.74) is 3.19. The molecule has 0 N–H and O–H groups in total. The lowest BCUT2D eigenvalue weighted by molar-refractivity contribution is 0.473. The van der Waals surface area contributed by atoms with Crippen LogP contribution in [0.2, 0.25) is 0 Å². The number of hydrogen-bond acceptors (Lipinski definition) is 1. The molecule has 2 rings (SSSR count). The van der Waals surface area contributed by atoms with E-state index >= 15 is 0 Å². The quantitative estimate of drug-likeness (QED) is 0.720. The first kappa shape index (κ1) is 10.7. The van der Waals surface area contributed by atoms with Crippen LogP contribution in [-0.4, -0.2) is 0 Å². The minimum atomic E-state index is 0.819. The van der Waals surface area contributed by atoms with E-state index in [0.717, 1.165) is 28.2 Å². The van der Waals surface area contributed by atoms with Crippen molar-refractivity contribution >= 4 is 0 Å². The van der Waals surface area contributed by atoms with Crippen LogP contribution in [0, 0.1) is 20.8 Å². The van der Waals surface area contributed by atoms with Crippen LogP contribution in [0.25, 0.3) is 0 Å². The summed E-state index contributed by atoms with van der Waals surface area (Å²) in [5.74, 6) is 1.75. The van der Waals surface area contributed by atoms with E-state index in [0.29, 0.717) is 0 Å². The van der Waals surface area contributed by atoms with Crippen molar-refractivity contribution in [3.8, 4) is 11.5 Å². The fraction of sp³-hybridized carbons (Fsp3) is 0.133. The van der Waals surface area contributed by atoms with E-state index in [9.17, 15) is 0 Å². The van der Waals surface area contributed by atoms with Crippen molar-refractivity contribution in [2.75, 3.05) is 0 Å². The van der Waals surface area contributed by atoms with Gasteiger partial charge in [-0.2, -0.15) is 0 Å². The van der Waals surface area contributed by atoms with Crippen LogP contribution in [0.1, 0.15) is 16.7 Å². The third kappa shape index (κ3) is 2.08. The summed E-state index contributed by atoms with van der Waals surface area (Å²) >= 11 is 0. The van der Waals surface area contributed by atoms with Gasteiger partial charge in [0.1, 0.15) is 11.5 Å². The highest BCUT2D eigenvalue weighted by Crippen LogP contribution is 2.30.